The molecule has 2 saturated heterocycles. The molecule has 0 radical (unpaired) electrons. The number of hydrogen-bond donors (Lipinski definition) is 2. The number of ketones is 2. The van der Waals surface area contributed by atoms with Crippen molar-refractivity contribution in [2.45, 2.75) is 89.6 Å². The molecule has 0 saturated carbocycles. The summed E-state index contributed by atoms with van der Waals surface area (Å²) in [6.07, 6.45) is 0.180. The van der Waals surface area contributed by atoms with E-state index in [4.69, 9.17) is 14.2 Å². The minimum atomic E-state index is -0.957. The Bertz CT molecular complexity index is 1420. The lowest BCUT2D eigenvalue weighted by molar-refractivity contribution is -0.136. The van der Waals surface area contributed by atoms with Gasteiger partial charge in [0.2, 0.25) is 11.8 Å². The fourth-order valence-electron chi connectivity index (χ4n) is 5.28. The van der Waals surface area contributed by atoms with Gasteiger partial charge < -0.3 is 24.8 Å². The van der Waals surface area contributed by atoms with Crippen LogP contribution in [0.25, 0.3) is 0 Å². The van der Waals surface area contributed by atoms with Crippen LogP contribution in [-0.2, 0) is 41.5 Å². The van der Waals surface area contributed by atoms with Gasteiger partial charge in [0.15, 0.2) is 11.6 Å². The van der Waals surface area contributed by atoms with Gasteiger partial charge in [-0.25, -0.2) is 4.79 Å². The van der Waals surface area contributed by atoms with E-state index in [1.165, 1.54) is 4.90 Å². The average Bonchev–Trinajstić information content (AvgIpc) is 3.73. The van der Waals surface area contributed by atoms with E-state index < -0.39 is 53.2 Å². The van der Waals surface area contributed by atoms with E-state index in [0.717, 1.165) is 11.1 Å². The lowest BCUT2D eigenvalue weighted by Crippen LogP contribution is -2.60. The Hall–Kier alpha value is -4.25. The number of ether oxygens (including phenoxy) is 3. The zero-order chi connectivity index (χ0) is 33.6. The summed E-state index contributed by atoms with van der Waals surface area (Å²) in [6.45, 7) is 9.17. The normalized spacial score (nSPS) is 20.7. The quantitative estimate of drug-likeness (QED) is 0.301. The first-order valence-corrected chi connectivity index (χ1v) is 15.7. The van der Waals surface area contributed by atoms with Gasteiger partial charge in [-0.05, 0) is 77.1 Å². The molecule has 248 valence electrons. The van der Waals surface area contributed by atoms with Crippen molar-refractivity contribution < 1.29 is 38.2 Å². The van der Waals surface area contributed by atoms with Crippen LogP contribution in [0.4, 0.5) is 4.79 Å². The predicted molar refractivity (Wildman–Crippen MR) is 170 cm³/mol. The van der Waals surface area contributed by atoms with E-state index in [1.54, 1.807) is 53.9 Å². The largest absolute Gasteiger partial charge is 0.497 e. The van der Waals surface area contributed by atoms with Gasteiger partial charge in [0.1, 0.15) is 23.0 Å². The van der Waals surface area contributed by atoms with Crippen LogP contribution in [0.3, 0.4) is 0 Å². The standard InChI is InChI=1S/C35H45N3O8/c1-22(36-32(42)28-16-17-38(28)33(43)46-34(2,3)4)29(39)20-25(18-24-12-14-26(44-6)15-13-24)31(41)37-27(30(40)35(5)21-45-35)19-23-10-8-7-9-11-23/h7-15,22,25,27-28H,16-21H2,1-6H3,(H,36,42)(H,37,41). The predicted octanol–water partition coefficient (Wildman–Crippen LogP) is 3.41. The smallest absolute Gasteiger partial charge is 0.410 e. The molecule has 0 bridgehead atoms. The van der Waals surface area contributed by atoms with Crippen LogP contribution < -0.4 is 15.4 Å². The number of rotatable bonds is 14. The molecule has 2 N–H and O–H groups in total. The van der Waals surface area contributed by atoms with Crippen molar-refractivity contribution in [3.05, 3.63) is 65.7 Å². The highest BCUT2D eigenvalue weighted by Gasteiger charge is 2.50. The van der Waals surface area contributed by atoms with Crippen LogP contribution in [0, 0.1) is 5.92 Å². The summed E-state index contributed by atoms with van der Waals surface area (Å²) in [7, 11) is 1.56. The topological polar surface area (TPSA) is 144 Å². The van der Waals surface area contributed by atoms with Crippen LogP contribution in [-0.4, -0.2) is 84.0 Å². The van der Waals surface area contributed by atoms with Gasteiger partial charge in [-0.2, -0.15) is 0 Å². The molecular weight excluding hydrogens is 590 g/mol. The molecule has 0 aliphatic carbocycles. The van der Waals surface area contributed by atoms with Crippen LogP contribution in [0.2, 0.25) is 0 Å². The second-order valence-corrected chi connectivity index (χ2v) is 13.3. The number of Topliss-reactive ketones (excluding diaryl/α,β-unsaturated/α-hetero) is 2. The molecule has 2 aliphatic heterocycles. The minimum absolute atomic E-state index is 0.181. The molecule has 3 amide bonds. The first-order chi connectivity index (χ1) is 21.7. The lowest BCUT2D eigenvalue weighted by Gasteiger charge is -2.40. The molecule has 4 rings (SSSR count). The summed E-state index contributed by atoms with van der Waals surface area (Å²) in [5.41, 5.74) is 0.0174. The van der Waals surface area contributed by atoms with E-state index in [0.29, 0.717) is 18.7 Å². The number of amides is 3. The number of carbonyl (C=O) groups excluding carboxylic acids is 5. The van der Waals surface area contributed by atoms with Crippen molar-refractivity contribution in [3.63, 3.8) is 0 Å². The molecule has 2 fully saturated rings. The van der Waals surface area contributed by atoms with Gasteiger partial charge in [0, 0.05) is 18.9 Å². The van der Waals surface area contributed by atoms with E-state index in [-0.39, 0.29) is 37.4 Å². The van der Waals surface area contributed by atoms with Crippen molar-refractivity contribution in [1.82, 2.24) is 15.5 Å². The molecule has 2 heterocycles. The van der Waals surface area contributed by atoms with Crippen molar-refractivity contribution in [3.8, 4) is 5.75 Å². The average molecular weight is 636 g/mol. The minimum Gasteiger partial charge on any atom is -0.497 e. The number of epoxide rings is 1. The van der Waals surface area contributed by atoms with Crippen LogP contribution in [0.5, 0.6) is 5.75 Å². The van der Waals surface area contributed by atoms with Gasteiger partial charge in [-0.15, -0.1) is 0 Å². The number of hydrogen-bond acceptors (Lipinski definition) is 8. The van der Waals surface area contributed by atoms with Gasteiger partial charge in [0.25, 0.3) is 0 Å². The number of benzene rings is 2. The van der Waals surface area contributed by atoms with Crippen LogP contribution in [0.1, 0.15) is 58.6 Å². The SMILES string of the molecule is COc1ccc(CC(CC(=O)C(C)NC(=O)C2CCN2C(=O)OC(C)(C)C)C(=O)NC(Cc2ccccc2)C(=O)C2(C)CO2)cc1. The molecule has 2 aliphatic rings. The van der Waals surface area contributed by atoms with Crippen molar-refractivity contribution >= 4 is 29.5 Å². The first kappa shape index (κ1) is 34.6. The summed E-state index contributed by atoms with van der Waals surface area (Å²) in [5.74, 6) is -1.67. The summed E-state index contributed by atoms with van der Waals surface area (Å²) in [6, 6.07) is 14.1. The van der Waals surface area contributed by atoms with Crippen molar-refractivity contribution in [2.75, 3.05) is 20.3 Å². The van der Waals surface area contributed by atoms with Gasteiger partial charge in [-0.3, -0.25) is 24.1 Å². The summed E-state index contributed by atoms with van der Waals surface area (Å²) in [5, 5.41) is 5.64. The summed E-state index contributed by atoms with van der Waals surface area (Å²) < 4.78 is 16.1. The van der Waals surface area contributed by atoms with Crippen molar-refractivity contribution in [1.29, 1.82) is 0 Å². The van der Waals surface area contributed by atoms with E-state index in [9.17, 15) is 24.0 Å². The second kappa shape index (κ2) is 14.5. The summed E-state index contributed by atoms with van der Waals surface area (Å²) in [4.78, 5) is 67.6. The maximum absolute atomic E-state index is 13.9. The fraction of sp³-hybridized carbons (Fsp3) is 0.514. The molecule has 11 heteroatoms. The van der Waals surface area contributed by atoms with Gasteiger partial charge in [-0.1, -0.05) is 42.5 Å². The molecular formula is C35H45N3O8. The third kappa shape index (κ3) is 9.15. The van der Waals surface area contributed by atoms with Gasteiger partial charge >= 0.3 is 6.09 Å². The van der Waals surface area contributed by atoms with E-state index in [2.05, 4.69) is 10.6 Å². The molecule has 2 aromatic carbocycles. The number of carbonyl (C=O) groups is 5. The number of nitrogens with one attached hydrogen (secondary N) is 2. The highest BCUT2D eigenvalue weighted by atomic mass is 16.6. The maximum Gasteiger partial charge on any atom is 0.410 e. The third-order valence-electron chi connectivity index (χ3n) is 8.27. The Morgan fingerprint density at radius 3 is 2.15 bits per heavy atom. The Labute approximate surface area is 270 Å². The number of nitrogens with zero attached hydrogens (tertiary/aromatic N) is 1. The molecule has 46 heavy (non-hydrogen) atoms. The summed E-state index contributed by atoms with van der Waals surface area (Å²) >= 11 is 0. The fourth-order valence-corrected chi connectivity index (χ4v) is 5.28. The van der Waals surface area contributed by atoms with E-state index >= 15 is 0 Å². The monoisotopic (exact) mass is 635 g/mol. The Kier molecular flexibility index (Phi) is 10.9. The maximum atomic E-state index is 13.9. The van der Waals surface area contributed by atoms with Crippen molar-refractivity contribution in [2.24, 2.45) is 5.92 Å². The molecule has 2 aromatic rings. The Morgan fingerprint density at radius 1 is 0.978 bits per heavy atom. The second-order valence-electron chi connectivity index (χ2n) is 13.3. The number of methoxy groups -OCH3 is 1. The molecule has 5 unspecified atom stereocenters. The van der Waals surface area contributed by atoms with Gasteiger partial charge in [0.05, 0.1) is 25.8 Å². The third-order valence-corrected chi connectivity index (χ3v) is 8.27. The Balaban J connectivity index is 1.46. The Morgan fingerprint density at radius 2 is 1.61 bits per heavy atom. The highest BCUT2D eigenvalue weighted by molar-refractivity contribution is 5.98. The van der Waals surface area contributed by atoms with E-state index in [1.807, 2.05) is 42.5 Å². The highest BCUT2D eigenvalue weighted by Crippen LogP contribution is 2.29. The zero-order valence-corrected chi connectivity index (χ0v) is 27.5. The molecule has 0 aromatic heterocycles. The van der Waals surface area contributed by atoms with Crippen LogP contribution >= 0.6 is 0 Å². The molecule has 5 atom stereocenters. The van der Waals surface area contributed by atoms with Crippen LogP contribution in [0.15, 0.2) is 54.6 Å². The number of likely N-dealkylation sites (tertiary alicyclic amines) is 1. The first-order valence-electron chi connectivity index (χ1n) is 15.7. The molecule has 11 nitrogen and oxygen atoms in total. The lowest BCUT2D eigenvalue weighted by atomic mass is 9.89. The molecule has 0 spiro atoms. The zero-order valence-electron chi connectivity index (χ0n) is 27.5.